The molecule has 0 aliphatic carbocycles. The van der Waals surface area contributed by atoms with Crippen LogP contribution in [0.5, 0.6) is 5.75 Å². The summed E-state index contributed by atoms with van der Waals surface area (Å²) in [6, 6.07) is 9.59. The molecule has 0 spiro atoms. The van der Waals surface area contributed by atoms with Crippen molar-refractivity contribution in [2.45, 2.75) is 26.2 Å². The zero-order chi connectivity index (χ0) is 13.1. The fourth-order valence-electron chi connectivity index (χ4n) is 2.22. The number of carbonyl (C=O) groups is 1. The van der Waals surface area contributed by atoms with Crippen molar-refractivity contribution in [2.75, 3.05) is 0 Å². The van der Waals surface area contributed by atoms with Crippen LogP contribution in [0.2, 0.25) is 0 Å². The Bertz CT molecular complexity index is 588. The molecule has 0 aliphatic rings. The van der Waals surface area contributed by atoms with Crippen molar-refractivity contribution in [3.8, 4) is 5.75 Å². The molecule has 0 bridgehead atoms. The molecular weight excluding hydrogens is 228 g/mol. The van der Waals surface area contributed by atoms with Crippen molar-refractivity contribution in [2.24, 2.45) is 0 Å². The maximum atomic E-state index is 10.6. The summed E-state index contributed by atoms with van der Waals surface area (Å²) in [5, 5.41) is 20.8. The number of fused-ring (bicyclic) bond motifs is 1. The molecule has 0 amide bonds. The zero-order valence-corrected chi connectivity index (χ0v) is 10.3. The molecule has 3 heteroatoms. The number of carboxylic acid groups (broad SMARTS) is 1. The quantitative estimate of drug-likeness (QED) is 0.868. The standard InChI is InChI=1S/C15H16O3/c1-2-10-9-11(7-8-14(16)17)15(18)13-6-4-3-5-12(10)13/h3-6,9,18H,2,7-8H2,1H3,(H,16,17). The predicted octanol–water partition coefficient (Wildman–Crippen LogP) is 3.13. The fraction of sp³-hybridized carbons (Fsp3) is 0.267. The van der Waals surface area contributed by atoms with Crippen LogP contribution in [-0.4, -0.2) is 16.2 Å². The number of hydrogen-bond acceptors (Lipinski definition) is 2. The lowest BCUT2D eigenvalue weighted by Crippen LogP contribution is -1.99. The van der Waals surface area contributed by atoms with E-state index in [2.05, 4.69) is 6.92 Å². The highest BCUT2D eigenvalue weighted by molar-refractivity contribution is 5.92. The minimum atomic E-state index is -0.847. The second kappa shape index (κ2) is 5.08. The lowest BCUT2D eigenvalue weighted by Gasteiger charge is -2.11. The maximum Gasteiger partial charge on any atom is 0.303 e. The molecular formula is C15H16O3. The third kappa shape index (κ3) is 2.30. The molecule has 0 unspecified atom stereocenters. The summed E-state index contributed by atoms with van der Waals surface area (Å²) in [6.45, 7) is 2.06. The van der Waals surface area contributed by atoms with Crippen molar-refractivity contribution in [1.82, 2.24) is 0 Å². The Hall–Kier alpha value is -2.03. The number of aliphatic carboxylic acids is 1. The van der Waals surface area contributed by atoms with Gasteiger partial charge in [0, 0.05) is 11.8 Å². The van der Waals surface area contributed by atoms with E-state index < -0.39 is 5.97 Å². The van der Waals surface area contributed by atoms with Gasteiger partial charge in [-0.2, -0.15) is 0 Å². The number of aromatic hydroxyl groups is 1. The number of carboxylic acids is 1. The minimum absolute atomic E-state index is 0.0368. The number of phenolic OH excluding ortho intramolecular Hbond substituents is 1. The van der Waals surface area contributed by atoms with E-state index in [4.69, 9.17) is 5.11 Å². The predicted molar refractivity (Wildman–Crippen MR) is 70.9 cm³/mol. The van der Waals surface area contributed by atoms with Crippen molar-refractivity contribution < 1.29 is 15.0 Å². The molecule has 18 heavy (non-hydrogen) atoms. The molecule has 2 aromatic carbocycles. The molecule has 0 saturated heterocycles. The molecule has 0 aromatic heterocycles. The Morgan fingerprint density at radius 2 is 1.83 bits per heavy atom. The van der Waals surface area contributed by atoms with Gasteiger partial charge in [-0.25, -0.2) is 0 Å². The molecule has 2 rings (SSSR count). The van der Waals surface area contributed by atoms with Gasteiger partial charge in [-0.05, 0) is 29.4 Å². The van der Waals surface area contributed by atoms with Crippen LogP contribution >= 0.6 is 0 Å². The van der Waals surface area contributed by atoms with Gasteiger partial charge in [0.15, 0.2) is 0 Å². The van der Waals surface area contributed by atoms with E-state index >= 15 is 0 Å². The molecule has 94 valence electrons. The van der Waals surface area contributed by atoms with E-state index in [0.29, 0.717) is 12.0 Å². The van der Waals surface area contributed by atoms with Gasteiger partial charge in [-0.1, -0.05) is 37.3 Å². The summed E-state index contributed by atoms with van der Waals surface area (Å²) < 4.78 is 0. The third-order valence-electron chi connectivity index (χ3n) is 3.17. The molecule has 0 saturated carbocycles. The fourth-order valence-corrected chi connectivity index (χ4v) is 2.22. The molecule has 0 heterocycles. The van der Waals surface area contributed by atoms with E-state index in [9.17, 15) is 9.90 Å². The highest BCUT2D eigenvalue weighted by Crippen LogP contribution is 2.32. The molecule has 0 radical (unpaired) electrons. The number of phenols is 1. The van der Waals surface area contributed by atoms with Crippen LogP contribution in [0.15, 0.2) is 30.3 Å². The number of aryl methyl sites for hydroxylation is 2. The summed E-state index contributed by atoms with van der Waals surface area (Å²) in [5.41, 5.74) is 1.86. The van der Waals surface area contributed by atoms with Crippen LogP contribution in [0.4, 0.5) is 0 Å². The summed E-state index contributed by atoms with van der Waals surface area (Å²) in [6.07, 6.45) is 1.26. The normalized spacial score (nSPS) is 10.7. The van der Waals surface area contributed by atoms with E-state index in [0.717, 1.165) is 22.8 Å². The average molecular weight is 244 g/mol. The minimum Gasteiger partial charge on any atom is -0.507 e. The first-order valence-electron chi connectivity index (χ1n) is 6.07. The Labute approximate surface area is 106 Å². The Balaban J connectivity index is 2.54. The highest BCUT2D eigenvalue weighted by Gasteiger charge is 2.11. The van der Waals surface area contributed by atoms with Gasteiger partial charge in [0.2, 0.25) is 0 Å². The summed E-state index contributed by atoms with van der Waals surface area (Å²) in [5.74, 6) is -0.635. The lowest BCUT2D eigenvalue weighted by atomic mass is 9.96. The summed E-state index contributed by atoms with van der Waals surface area (Å²) in [7, 11) is 0. The first-order chi connectivity index (χ1) is 8.63. The maximum absolute atomic E-state index is 10.6. The van der Waals surface area contributed by atoms with E-state index in [1.165, 1.54) is 0 Å². The average Bonchev–Trinajstić information content (AvgIpc) is 2.38. The number of benzene rings is 2. The Morgan fingerprint density at radius 3 is 2.44 bits per heavy atom. The van der Waals surface area contributed by atoms with E-state index in [1.54, 1.807) is 0 Å². The number of rotatable bonds is 4. The number of hydrogen-bond donors (Lipinski definition) is 2. The van der Waals surface area contributed by atoms with Crippen LogP contribution in [0.1, 0.15) is 24.5 Å². The topological polar surface area (TPSA) is 57.5 Å². The SMILES string of the molecule is CCc1cc(CCC(=O)O)c(O)c2ccccc12. The molecule has 3 nitrogen and oxygen atoms in total. The molecule has 0 atom stereocenters. The van der Waals surface area contributed by atoms with Gasteiger partial charge in [0.1, 0.15) is 5.75 Å². The van der Waals surface area contributed by atoms with E-state index in [-0.39, 0.29) is 12.2 Å². The Kier molecular flexibility index (Phi) is 3.51. The third-order valence-corrected chi connectivity index (χ3v) is 3.17. The molecule has 2 N–H and O–H groups in total. The first kappa shape index (κ1) is 12.4. The second-order valence-electron chi connectivity index (χ2n) is 4.34. The van der Waals surface area contributed by atoms with Gasteiger partial charge >= 0.3 is 5.97 Å². The van der Waals surface area contributed by atoms with Crippen LogP contribution in [0.3, 0.4) is 0 Å². The van der Waals surface area contributed by atoms with Crippen molar-refractivity contribution in [3.63, 3.8) is 0 Å². The second-order valence-corrected chi connectivity index (χ2v) is 4.34. The first-order valence-corrected chi connectivity index (χ1v) is 6.07. The Morgan fingerprint density at radius 1 is 1.17 bits per heavy atom. The van der Waals surface area contributed by atoms with E-state index in [1.807, 2.05) is 30.3 Å². The zero-order valence-electron chi connectivity index (χ0n) is 10.3. The summed E-state index contributed by atoms with van der Waals surface area (Å²) >= 11 is 0. The van der Waals surface area contributed by atoms with Gasteiger partial charge in [-0.3, -0.25) is 4.79 Å². The van der Waals surface area contributed by atoms with Crippen LogP contribution in [0.25, 0.3) is 10.8 Å². The van der Waals surface area contributed by atoms with Crippen LogP contribution in [-0.2, 0) is 17.6 Å². The van der Waals surface area contributed by atoms with Crippen molar-refractivity contribution in [1.29, 1.82) is 0 Å². The lowest BCUT2D eigenvalue weighted by molar-refractivity contribution is -0.136. The van der Waals surface area contributed by atoms with Gasteiger partial charge in [0.05, 0.1) is 0 Å². The van der Waals surface area contributed by atoms with Crippen molar-refractivity contribution >= 4 is 16.7 Å². The molecule has 0 aliphatic heterocycles. The molecule has 2 aromatic rings. The monoisotopic (exact) mass is 244 g/mol. The molecule has 0 fully saturated rings. The highest BCUT2D eigenvalue weighted by atomic mass is 16.4. The smallest absolute Gasteiger partial charge is 0.303 e. The van der Waals surface area contributed by atoms with Crippen molar-refractivity contribution in [3.05, 3.63) is 41.5 Å². The van der Waals surface area contributed by atoms with Crippen LogP contribution < -0.4 is 0 Å². The van der Waals surface area contributed by atoms with Gasteiger partial charge in [-0.15, -0.1) is 0 Å². The van der Waals surface area contributed by atoms with Gasteiger partial charge in [0.25, 0.3) is 0 Å². The van der Waals surface area contributed by atoms with Crippen LogP contribution in [0, 0.1) is 0 Å². The van der Waals surface area contributed by atoms with Gasteiger partial charge < -0.3 is 10.2 Å². The largest absolute Gasteiger partial charge is 0.507 e. The summed E-state index contributed by atoms with van der Waals surface area (Å²) in [4.78, 5) is 10.6.